The molecular formula is C20H22ClFN2O2S. The number of anilines is 1. The Bertz CT molecular complexity index is 801. The van der Waals surface area contributed by atoms with E-state index in [2.05, 4.69) is 10.6 Å². The third kappa shape index (κ3) is 6.88. The molecule has 2 rings (SSSR count). The van der Waals surface area contributed by atoms with E-state index in [1.807, 2.05) is 6.92 Å². The number of amides is 2. The Morgan fingerprint density at radius 1 is 1.19 bits per heavy atom. The van der Waals surface area contributed by atoms with Crippen LogP contribution in [0.25, 0.3) is 0 Å². The van der Waals surface area contributed by atoms with Gasteiger partial charge in [-0.1, -0.05) is 43.1 Å². The number of carbonyl (C=O) groups excluding carboxylic acids is 2. The summed E-state index contributed by atoms with van der Waals surface area (Å²) >= 11 is 7.02. The molecule has 0 atom stereocenters. The molecule has 0 heterocycles. The van der Waals surface area contributed by atoms with Crippen molar-refractivity contribution in [1.82, 2.24) is 5.32 Å². The normalized spacial score (nSPS) is 10.5. The van der Waals surface area contributed by atoms with Crippen molar-refractivity contribution in [1.29, 1.82) is 0 Å². The molecule has 2 amide bonds. The third-order valence-corrected chi connectivity index (χ3v) is 4.98. The summed E-state index contributed by atoms with van der Waals surface area (Å²) in [6, 6.07) is 11.4. The summed E-state index contributed by atoms with van der Waals surface area (Å²) in [6.45, 7) is 2.65. The first kappa shape index (κ1) is 21.3. The third-order valence-electron chi connectivity index (χ3n) is 3.77. The van der Waals surface area contributed by atoms with Crippen LogP contribution in [0.2, 0.25) is 5.02 Å². The maximum atomic E-state index is 13.7. The van der Waals surface area contributed by atoms with Gasteiger partial charge in [0.05, 0.1) is 17.0 Å². The van der Waals surface area contributed by atoms with Crippen molar-refractivity contribution in [3.8, 4) is 0 Å². The smallest absolute Gasteiger partial charge is 0.253 e. The molecule has 0 fully saturated rings. The number of carbonyl (C=O) groups is 2. The molecule has 0 saturated heterocycles. The first-order chi connectivity index (χ1) is 13.0. The molecule has 0 aromatic heterocycles. The second-order valence-electron chi connectivity index (χ2n) is 5.93. The fraction of sp³-hybridized carbons (Fsp3) is 0.300. The minimum absolute atomic E-state index is 0.147. The molecule has 144 valence electrons. The highest BCUT2D eigenvalue weighted by Crippen LogP contribution is 2.20. The van der Waals surface area contributed by atoms with Crippen molar-refractivity contribution in [2.24, 2.45) is 0 Å². The van der Waals surface area contributed by atoms with Gasteiger partial charge >= 0.3 is 0 Å². The Balaban J connectivity index is 1.89. The van der Waals surface area contributed by atoms with Gasteiger partial charge in [0.2, 0.25) is 5.91 Å². The zero-order chi connectivity index (χ0) is 19.6. The molecule has 27 heavy (non-hydrogen) atoms. The van der Waals surface area contributed by atoms with Crippen LogP contribution in [-0.4, -0.2) is 24.1 Å². The lowest BCUT2D eigenvalue weighted by Crippen LogP contribution is -2.26. The highest BCUT2D eigenvalue weighted by atomic mass is 35.5. The maximum Gasteiger partial charge on any atom is 0.253 e. The van der Waals surface area contributed by atoms with Crippen molar-refractivity contribution < 1.29 is 14.0 Å². The predicted octanol–water partition coefficient (Wildman–Crippen LogP) is 4.88. The van der Waals surface area contributed by atoms with E-state index in [0.29, 0.717) is 34.1 Å². The van der Waals surface area contributed by atoms with E-state index < -0.39 is 0 Å². The highest BCUT2D eigenvalue weighted by molar-refractivity contribution is 7.99. The van der Waals surface area contributed by atoms with Gasteiger partial charge in [0, 0.05) is 17.3 Å². The fourth-order valence-electron chi connectivity index (χ4n) is 2.34. The summed E-state index contributed by atoms with van der Waals surface area (Å²) in [5.41, 5.74) is 1.39. The number of hydrogen-bond donors (Lipinski definition) is 2. The van der Waals surface area contributed by atoms with E-state index in [9.17, 15) is 14.0 Å². The summed E-state index contributed by atoms with van der Waals surface area (Å²) in [5.74, 6) is -0.341. The van der Waals surface area contributed by atoms with Crippen molar-refractivity contribution in [2.75, 3.05) is 17.6 Å². The summed E-state index contributed by atoms with van der Waals surface area (Å²) in [4.78, 5) is 24.5. The average Bonchev–Trinajstić information content (AvgIpc) is 2.64. The van der Waals surface area contributed by atoms with Crippen molar-refractivity contribution >= 4 is 40.9 Å². The Labute approximate surface area is 167 Å². The quantitative estimate of drug-likeness (QED) is 0.581. The Morgan fingerprint density at radius 3 is 2.70 bits per heavy atom. The first-order valence-corrected chi connectivity index (χ1v) is 10.2. The highest BCUT2D eigenvalue weighted by Gasteiger charge is 2.13. The fourth-order valence-corrected chi connectivity index (χ4v) is 3.32. The molecule has 0 aliphatic carbocycles. The van der Waals surface area contributed by atoms with Gasteiger partial charge in [0.1, 0.15) is 5.82 Å². The minimum Gasteiger partial charge on any atom is -0.352 e. The molecule has 0 bridgehead atoms. The molecule has 2 aromatic carbocycles. The summed E-state index contributed by atoms with van der Waals surface area (Å²) in [6.07, 6.45) is 1.89. The number of halogens is 2. The van der Waals surface area contributed by atoms with E-state index in [4.69, 9.17) is 11.6 Å². The van der Waals surface area contributed by atoms with Crippen LogP contribution in [-0.2, 0) is 10.5 Å². The number of benzene rings is 2. The monoisotopic (exact) mass is 408 g/mol. The number of nitrogens with one attached hydrogen (secondary N) is 2. The zero-order valence-corrected chi connectivity index (χ0v) is 16.6. The van der Waals surface area contributed by atoms with Gasteiger partial charge in [0.15, 0.2) is 0 Å². The second kappa shape index (κ2) is 10.9. The van der Waals surface area contributed by atoms with Gasteiger partial charge in [-0.3, -0.25) is 9.59 Å². The van der Waals surface area contributed by atoms with E-state index in [0.717, 1.165) is 12.8 Å². The van der Waals surface area contributed by atoms with Gasteiger partial charge in [-0.05, 0) is 36.2 Å². The SMILES string of the molecule is CCCCNC(=O)c1ccccc1NC(=O)CSCc1ccc(Cl)cc1F. The van der Waals surface area contributed by atoms with E-state index in [1.165, 1.54) is 17.8 Å². The number of hydrogen-bond acceptors (Lipinski definition) is 3. The standard InChI is InChI=1S/C20H22ClFN2O2S/c1-2-3-10-23-20(26)16-6-4-5-7-18(16)24-19(25)13-27-12-14-8-9-15(21)11-17(14)22/h4-9,11H,2-3,10,12-13H2,1H3,(H,23,26)(H,24,25). The lowest BCUT2D eigenvalue weighted by molar-refractivity contribution is -0.113. The lowest BCUT2D eigenvalue weighted by atomic mass is 10.1. The van der Waals surface area contributed by atoms with Crippen LogP contribution in [0.15, 0.2) is 42.5 Å². The number of thioether (sulfide) groups is 1. The van der Waals surface area contributed by atoms with Gasteiger partial charge in [-0.15, -0.1) is 11.8 Å². The van der Waals surface area contributed by atoms with E-state index >= 15 is 0 Å². The number of para-hydroxylation sites is 1. The molecule has 4 nitrogen and oxygen atoms in total. The molecule has 2 N–H and O–H groups in total. The van der Waals surface area contributed by atoms with Gasteiger partial charge in [0.25, 0.3) is 5.91 Å². The van der Waals surface area contributed by atoms with Crippen LogP contribution in [0.5, 0.6) is 0 Å². The van der Waals surface area contributed by atoms with Crippen LogP contribution in [0.4, 0.5) is 10.1 Å². The minimum atomic E-state index is -0.385. The largest absolute Gasteiger partial charge is 0.352 e. The Kier molecular flexibility index (Phi) is 8.61. The van der Waals surface area contributed by atoms with Crippen LogP contribution in [0.3, 0.4) is 0 Å². The second-order valence-corrected chi connectivity index (χ2v) is 7.35. The summed E-state index contributed by atoms with van der Waals surface area (Å²) < 4.78 is 13.7. The maximum absolute atomic E-state index is 13.7. The molecule has 0 unspecified atom stereocenters. The van der Waals surface area contributed by atoms with Crippen LogP contribution in [0.1, 0.15) is 35.7 Å². The molecule has 0 spiro atoms. The molecule has 0 radical (unpaired) electrons. The first-order valence-electron chi connectivity index (χ1n) is 8.70. The molecule has 0 aliphatic rings. The van der Waals surface area contributed by atoms with E-state index in [-0.39, 0.29) is 23.4 Å². The van der Waals surface area contributed by atoms with Crippen molar-refractivity contribution in [3.63, 3.8) is 0 Å². The topological polar surface area (TPSA) is 58.2 Å². The van der Waals surface area contributed by atoms with Gasteiger partial charge in [-0.2, -0.15) is 0 Å². The molecular weight excluding hydrogens is 387 g/mol. The molecule has 0 aliphatic heterocycles. The summed E-state index contributed by atoms with van der Waals surface area (Å²) in [5, 5.41) is 5.94. The lowest BCUT2D eigenvalue weighted by Gasteiger charge is -2.11. The van der Waals surface area contributed by atoms with Crippen molar-refractivity contribution in [3.05, 3.63) is 64.4 Å². The number of unbranched alkanes of at least 4 members (excludes halogenated alkanes) is 1. The van der Waals surface area contributed by atoms with E-state index in [1.54, 1.807) is 36.4 Å². The molecule has 0 saturated carbocycles. The Hall–Kier alpha value is -2.05. The van der Waals surface area contributed by atoms with Crippen LogP contribution >= 0.6 is 23.4 Å². The molecule has 7 heteroatoms. The average molecular weight is 409 g/mol. The Morgan fingerprint density at radius 2 is 1.96 bits per heavy atom. The van der Waals surface area contributed by atoms with Gasteiger partial charge in [-0.25, -0.2) is 4.39 Å². The van der Waals surface area contributed by atoms with Crippen LogP contribution in [0, 0.1) is 5.82 Å². The van der Waals surface area contributed by atoms with Crippen LogP contribution < -0.4 is 10.6 Å². The number of rotatable bonds is 9. The van der Waals surface area contributed by atoms with Gasteiger partial charge < -0.3 is 10.6 Å². The van der Waals surface area contributed by atoms with Crippen molar-refractivity contribution in [2.45, 2.75) is 25.5 Å². The summed E-state index contributed by atoms with van der Waals surface area (Å²) in [7, 11) is 0. The molecule has 2 aromatic rings. The zero-order valence-electron chi connectivity index (χ0n) is 15.1. The predicted molar refractivity (Wildman–Crippen MR) is 110 cm³/mol.